The number of nitrogens with zero attached hydrogens (tertiary/aromatic N) is 5. The molecule has 0 bridgehead atoms. The Kier molecular flexibility index (Phi) is 10.2. The fourth-order valence-electron chi connectivity index (χ4n) is 6.33. The summed E-state index contributed by atoms with van der Waals surface area (Å²) in [6, 6.07) is 25.1. The van der Waals surface area contributed by atoms with E-state index in [9.17, 15) is 4.79 Å². The SMILES string of the molecule is CC(c1oc(=O)c2ccccc2c1-c1ccc(/C=C/CCCCN(C)C)s1)n1nc(-c2cc(F)cc(OCc3ccccc3)c2)c2c(N)ncnc21. The number of halogens is 1. The van der Waals surface area contributed by atoms with Crippen LogP contribution in [0, 0.1) is 5.82 Å². The molecule has 0 aliphatic heterocycles. The van der Waals surface area contributed by atoms with Crippen molar-refractivity contribution in [2.75, 3.05) is 26.4 Å². The maximum Gasteiger partial charge on any atom is 0.343 e. The van der Waals surface area contributed by atoms with Crippen molar-refractivity contribution >= 4 is 45.0 Å². The van der Waals surface area contributed by atoms with Gasteiger partial charge in [0.15, 0.2) is 5.65 Å². The molecule has 0 aliphatic carbocycles. The number of ether oxygens (including phenoxy) is 1. The zero-order valence-electron chi connectivity index (χ0n) is 29.3. The molecule has 3 aromatic carbocycles. The molecule has 0 radical (unpaired) electrons. The molecule has 1 unspecified atom stereocenters. The van der Waals surface area contributed by atoms with Gasteiger partial charge in [-0.2, -0.15) is 5.10 Å². The van der Waals surface area contributed by atoms with Gasteiger partial charge < -0.3 is 19.8 Å². The van der Waals surface area contributed by atoms with Crippen LogP contribution < -0.4 is 16.1 Å². The van der Waals surface area contributed by atoms with Crippen molar-refractivity contribution in [2.45, 2.75) is 38.8 Å². The van der Waals surface area contributed by atoms with Gasteiger partial charge in [-0.25, -0.2) is 23.8 Å². The van der Waals surface area contributed by atoms with Crippen LogP contribution in [-0.4, -0.2) is 45.3 Å². The molecule has 0 saturated heterocycles. The minimum atomic E-state index is -0.627. The molecular weight excluding hydrogens is 676 g/mol. The topological polar surface area (TPSA) is 112 Å². The van der Waals surface area contributed by atoms with Gasteiger partial charge in [0.1, 0.15) is 47.8 Å². The molecular formula is C41H39FN6O3S. The monoisotopic (exact) mass is 714 g/mol. The van der Waals surface area contributed by atoms with Gasteiger partial charge in [-0.3, -0.25) is 0 Å². The summed E-state index contributed by atoms with van der Waals surface area (Å²) in [4.78, 5) is 26.5. The van der Waals surface area contributed by atoms with E-state index in [1.54, 1.807) is 28.2 Å². The third-order valence-corrected chi connectivity index (χ3v) is 9.97. The minimum absolute atomic E-state index is 0.186. The zero-order chi connectivity index (χ0) is 36.2. The fraction of sp³-hybridized carbons (Fsp3) is 0.220. The first-order chi connectivity index (χ1) is 25.3. The third kappa shape index (κ3) is 7.37. The highest BCUT2D eigenvalue weighted by molar-refractivity contribution is 7.16. The number of anilines is 1. The molecule has 11 heteroatoms. The largest absolute Gasteiger partial charge is 0.489 e. The highest BCUT2D eigenvalue weighted by atomic mass is 32.1. The Morgan fingerprint density at radius 1 is 1.00 bits per heavy atom. The molecule has 0 spiro atoms. The summed E-state index contributed by atoms with van der Waals surface area (Å²) in [6.45, 7) is 3.23. The highest BCUT2D eigenvalue weighted by Gasteiger charge is 2.27. The average molecular weight is 715 g/mol. The molecule has 0 saturated carbocycles. The molecule has 9 nitrogen and oxygen atoms in total. The van der Waals surface area contributed by atoms with E-state index in [1.165, 1.54) is 18.5 Å². The van der Waals surface area contributed by atoms with E-state index in [1.807, 2.05) is 55.5 Å². The summed E-state index contributed by atoms with van der Waals surface area (Å²) in [5.41, 5.74) is 8.98. The molecule has 4 aromatic heterocycles. The normalized spacial score (nSPS) is 12.4. The number of allylic oxidation sites excluding steroid dienone is 1. The van der Waals surface area contributed by atoms with Crippen molar-refractivity contribution in [1.82, 2.24) is 24.6 Å². The summed E-state index contributed by atoms with van der Waals surface area (Å²) in [5.74, 6) is 0.449. The first kappa shape index (κ1) is 34.8. The van der Waals surface area contributed by atoms with Crippen LogP contribution in [-0.2, 0) is 6.61 Å². The van der Waals surface area contributed by atoms with Crippen LogP contribution in [0.3, 0.4) is 0 Å². The Hall–Kier alpha value is -5.65. The molecule has 264 valence electrons. The predicted octanol–water partition coefficient (Wildman–Crippen LogP) is 8.98. The average Bonchev–Trinajstić information content (AvgIpc) is 3.78. The Bertz CT molecular complexity index is 2440. The van der Waals surface area contributed by atoms with Crippen molar-refractivity contribution < 1.29 is 13.5 Å². The number of hydrogen-bond acceptors (Lipinski definition) is 9. The van der Waals surface area contributed by atoms with E-state index >= 15 is 4.39 Å². The summed E-state index contributed by atoms with van der Waals surface area (Å²) in [7, 11) is 4.18. The van der Waals surface area contributed by atoms with E-state index < -0.39 is 17.5 Å². The number of fused-ring (bicyclic) bond motifs is 2. The number of unbranched alkanes of at least 4 members (excludes halogenated alkanes) is 2. The number of thiophene rings is 1. The molecule has 7 aromatic rings. The van der Waals surface area contributed by atoms with Crippen LogP contribution >= 0.6 is 11.3 Å². The quantitative estimate of drug-likeness (QED) is 0.118. The number of rotatable bonds is 13. The first-order valence-corrected chi connectivity index (χ1v) is 18.0. The van der Waals surface area contributed by atoms with Gasteiger partial charge in [-0.05, 0) is 88.8 Å². The summed E-state index contributed by atoms with van der Waals surface area (Å²) in [5, 5.41) is 6.68. The van der Waals surface area contributed by atoms with Crippen LogP contribution in [0.4, 0.5) is 10.2 Å². The number of benzene rings is 3. The molecule has 7 rings (SSSR count). The van der Waals surface area contributed by atoms with Crippen LogP contribution in [0.25, 0.3) is 49.6 Å². The van der Waals surface area contributed by atoms with E-state index in [-0.39, 0.29) is 12.4 Å². The number of hydrogen-bond donors (Lipinski definition) is 1. The predicted molar refractivity (Wildman–Crippen MR) is 207 cm³/mol. The molecule has 0 amide bonds. The summed E-state index contributed by atoms with van der Waals surface area (Å²) >= 11 is 1.63. The van der Waals surface area contributed by atoms with Crippen molar-refractivity contribution in [3.8, 4) is 27.4 Å². The second kappa shape index (κ2) is 15.3. The van der Waals surface area contributed by atoms with Crippen molar-refractivity contribution in [2.24, 2.45) is 0 Å². The Balaban J connectivity index is 1.29. The van der Waals surface area contributed by atoms with Crippen LogP contribution in [0.15, 0.2) is 107 Å². The van der Waals surface area contributed by atoms with Gasteiger partial charge in [0.25, 0.3) is 0 Å². The number of aromatic nitrogens is 4. The molecule has 52 heavy (non-hydrogen) atoms. The van der Waals surface area contributed by atoms with E-state index in [4.69, 9.17) is 20.0 Å². The Labute approximate surface area is 304 Å². The maximum absolute atomic E-state index is 15.1. The second-order valence-corrected chi connectivity index (χ2v) is 14.1. The summed E-state index contributed by atoms with van der Waals surface area (Å²) < 4.78 is 28.9. The van der Waals surface area contributed by atoms with Gasteiger partial charge in [-0.1, -0.05) is 54.6 Å². The zero-order valence-corrected chi connectivity index (χ0v) is 30.1. The van der Waals surface area contributed by atoms with Gasteiger partial charge in [0, 0.05) is 32.3 Å². The molecule has 1 atom stereocenters. The van der Waals surface area contributed by atoms with E-state index in [2.05, 4.69) is 53.2 Å². The molecule has 2 N–H and O–H groups in total. The number of nitrogen functional groups attached to an aromatic ring is 1. The van der Waals surface area contributed by atoms with Crippen molar-refractivity contribution in [3.05, 3.63) is 130 Å². The van der Waals surface area contributed by atoms with Gasteiger partial charge in [0.2, 0.25) is 0 Å². The molecule has 0 aliphatic rings. The van der Waals surface area contributed by atoms with Crippen LogP contribution in [0.5, 0.6) is 5.75 Å². The van der Waals surface area contributed by atoms with Crippen LogP contribution in [0.1, 0.15) is 48.4 Å². The molecule has 4 heterocycles. The van der Waals surface area contributed by atoms with Gasteiger partial charge in [-0.15, -0.1) is 11.3 Å². The lowest BCUT2D eigenvalue weighted by Crippen LogP contribution is -2.14. The molecule has 0 fully saturated rings. The van der Waals surface area contributed by atoms with E-state index in [0.29, 0.717) is 39.2 Å². The van der Waals surface area contributed by atoms with E-state index in [0.717, 1.165) is 52.1 Å². The summed E-state index contributed by atoms with van der Waals surface area (Å²) in [6.07, 6.45) is 8.99. The highest BCUT2D eigenvalue weighted by Crippen LogP contribution is 2.41. The van der Waals surface area contributed by atoms with Crippen molar-refractivity contribution in [3.63, 3.8) is 0 Å². The van der Waals surface area contributed by atoms with Gasteiger partial charge >= 0.3 is 5.63 Å². The first-order valence-electron chi connectivity index (χ1n) is 17.2. The van der Waals surface area contributed by atoms with Crippen molar-refractivity contribution in [1.29, 1.82) is 0 Å². The number of nitrogens with two attached hydrogens (primary N) is 1. The lowest BCUT2D eigenvalue weighted by atomic mass is 10.0. The minimum Gasteiger partial charge on any atom is -0.489 e. The Morgan fingerprint density at radius 2 is 1.79 bits per heavy atom. The second-order valence-electron chi connectivity index (χ2n) is 13.0. The Morgan fingerprint density at radius 3 is 2.60 bits per heavy atom. The maximum atomic E-state index is 15.1. The fourth-order valence-corrected chi connectivity index (χ4v) is 7.34. The lowest BCUT2D eigenvalue weighted by Gasteiger charge is -2.17. The lowest BCUT2D eigenvalue weighted by molar-refractivity contribution is 0.305. The standard InChI is InChI=1S/C41H39FN6O3S/c1-26(38-35(32-16-10-11-17-33(32)41(49)51-38)34-19-18-31(52-34)15-9-4-5-12-20-47(2)3)48-40-36(39(43)44-25-45-40)37(46-48)28-21-29(42)23-30(22-28)50-24-27-13-7-6-8-14-27/h6-11,13-19,21-23,25-26H,4-5,12,20,24H2,1-3H3,(H2,43,44,45)/b15-9+. The smallest absolute Gasteiger partial charge is 0.343 e. The van der Waals surface area contributed by atoms with Gasteiger partial charge in [0.05, 0.1) is 10.8 Å². The third-order valence-electron chi connectivity index (χ3n) is 8.90. The van der Waals surface area contributed by atoms with Crippen LogP contribution in [0.2, 0.25) is 0 Å².